The van der Waals surface area contributed by atoms with E-state index in [2.05, 4.69) is 31.1 Å². The number of nitrogens with two attached hydrogens (primary N) is 1. The number of benzene rings is 1. The summed E-state index contributed by atoms with van der Waals surface area (Å²) in [5.74, 6) is -0.0344. The van der Waals surface area contributed by atoms with Gasteiger partial charge < -0.3 is 16.0 Å². The number of nitrogens with one attached hydrogen (secondary N) is 1. The van der Waals surface area contributed by atoms with Crippen molar-refractivity contribution in [3.8, 4) is 0 Å². The molecule has 1 rings (SSSR count). The Balaban J connectivity index is 2.43. The molecule has 1 aromatic carbocycles. The van der Waals surface area contributed by atoms with E-state index in [-0.39, 0.29) is 5.91 Å². The summed E-state index contributed by atoms with van der Waals surface area (Å²) >= 11 is 0. The first-order chi connectivity index (χ1) is 9.08. The Morgan fingerprint density at radius 1 is 1.47 bits per heavy atom. The molecule has 19 heavy (non-hydrogen) atoms. The highest BCUT2D eigenvalue weighted by Gasteiger charge is 2.08. The summed E-state index contributed by atoms with van der Waals surface area (Å²) in [7, 11) is 2.08. The molecule has 1 unspecified atom stereocenters. The molecule has 4 heteroatoms. The molecule has 0 fully saturated rings. The average molecular weight is 263 g/mol. The molecule has 106 valence electrons. The van der Waals surface area contributed by atoms with E-state index in [0.717, 1.165) is 18.5 Å². The fraction of sp³-hybridized carbons (Fsp3) is 0.533. The van der Waals surface area contributed by atoms with Gasteiger partial charge in [0.2, 0.25) is 0 Å². The van der Waals surface area contributed by atoms with E-state index >= 15 is 0 Å². The molecule has 0 saturated heterocycles. The monoisotopic (exact) mass is 263 g/mol. The zero-order chi connectivity index (χ0) is 14.3. The van der Waals surface area contributed by atoms with Crippen LogP contribution in [0.25, 0.3) is 0 Å². The molecular formula is C15H25N3O. The van der Waals surface area contributed by atoms with Gasteiger partial charge in [-0.15, -0.1) is 0 Å². The van der Waals surface area contributed by atoms with Crippen LogP contribution < -0.4 is 11.1 Å². The Kier molecular flexibility index (Phi) is 6.53. The summed E-state index contributed by atoms with van der Waals surface area (Å²) in [5, 5.41) is 2.94. The molecule has 0 radical (unpaired) electrons. The van der Waals surface area contributed by atoms with Gasteiger partial charge in [-0.1, -0.05) is 19.1 Å². The summed E-state index contributed by atoms with van der Waals surface area (Å²) < 4.78 is 0. The number of nitrogens with zero attached hydrogens (tertiary/aromatic N) is 1. The van der Waals surface area contributed by atoms with Crippen LogP contribution in [0.1, 0.15) is 36.2 Å². The number of amides is 1. The number of carbonyl (C=O) groups is 1. The minimum atomic E-state index is -0.0344. The van der Waals surface area contributed by atoms with Crippen LogP contribution in [0.5, 0.6) is 0 Å². The Morgan fingerprint density at radius 3 is 2.84 bits per heavy atom. The van der Waals surface area contributed by atoms with Crippen molar-refractivity contribution < 1.29 is 4.79 Å². The Morgan fingerprint density at radius 2 is 2.21 bits per heavy atom. The van der Waals surface area contributed by atoms with Gasteiger partial charge in [-0.25, -0.2) is 0 Å². The first-order valence-corrected chi connectivity index (χ1v) is 6.86. The van der Waals surface area contributed by atoms with Gasteiger partial charge in [0.15, 0.2) is 0 Å². The molecule has 0 aromatic heterocycles. The Hall–Kier alpha value is -1.39. The van der Waals surface area contributed by atoms with Gasteiger partial charge in [-0.2, -0.15) is 0 Å². The third-order valence-corrected chi connectivity index (χ3v) is 3.52. The lowest BCUT2D eigenvalue weighted by Crippen LogP contribution is -2.37. The van der Waals surface area contributed by atoms with Crippen molar-refractivity contribution in [2.24, 2.45) is 5.73 Å². The molecular weight excluding hydrogens is 238 g/mol. The maximum Gasteiger partial charge on any atom is 0.251 e. The van der Waals surface area contributed by atoms with Crippen LogP contribution in [0.2, 0.25) is 0 Å². The molecule has 0 aliphatic rings. The van der Waals surface area contributed by atoms with E-state index in [4.69, 9.17) is 5.73 Å². The van der Waals surface area contributed by atoms with Crippen molar-refractivity contribution in [2.45, 2.75) is 32.9 Å². The van der Waals surface area contributed by atoms with Crippen molar-refractivity contribution in [3.63, 3.8) is 0 Å². The summed E-state index contributed by atoms with van der Waals surface area (Å²) in [6.07, 6.45) is 1.11. The zero-order valence-electron chi connectivity index (χ0n) is 12.1. The van der Waals surface area contributed by atoms with Crippen molar-refractivity contribution in [2.75, 3.05) is 20.1 Å². The van der Waals surface area contributed by atoms with E-state index in [1.807, 2.05) is 24.3 Å². The quantitative estimate of drug-likeness (QED) is 0.785. The largest absolute Gasteiger partial charge is 0.351 e. The summed E-state index contributed by atoms with van der Waals surface area (Å²) in [6.45, 7) is 6.33. The molecule has 0 spiro atoms. The molecule has 1 atom stereocenters. The highest BCUT2D eigenvalue weighted by Crippen LogP contribution is 2.04. The highest BCUT2D eigenvalue weighted by molar-refractivity contribution is 5.94. The highest BCUT2D eigenvalue weighted by atomic mass is 16.1. The van der Waals surface area contributed by atoms with Crippen molar-refractivity contribution in [3.05, 3.63) is 35.4 Å². The van der Waals surface area contributed by atoms with Gasteiger partial charge in [0.25, 0.3) is 5.91 Å². The second kappa shape index (κ2) is 7.92. The third-order valence-electron chi connectivity index (χ3n) is 3.52. The molecule has 1 aromatic rings. The van der Waals surface area contributed by atoms with Crippen molar-refractivity contribution in [1.29, 1.82) is 0 Å². The molecule has 0 aliphatic carbocycles. The third kappa shape index (κ3) is 5.01. The average Bonchev–Trinajstić information content (AvgIpc) is 2.46. The minimum Gasteiger partial charge on any atom is -0.351 e. The van der Waals surface area contributed by atoms with Gasteiger partial charge in [-0.05, 0) is 38.1 Å². The zero-order valence-corrected chi connectivity index (χ0v) is 12.1. The second-order valence-electron chi connectivity index (χ2n) is 4.90. The molecule has 0 saturated carbocycles. The van der Waals surface area contributed by atoms with E-state index in [1.165, 1.54) is 0 Å². The van der Waals surface area contributed by atoms with Crippen LogP contribution in [0.3, 0.4) is 0 Å². The first kappa shape index (κ1) is 15.7. The predicted molar refractivity (Wildman–Crippen MR) is 79.0 cm³/mol. The Bertz CT molecular complexity index is 406. The normalized spacial score (nSPS) is 12.5. The SMILES string of the molecule is CCC(C)N(C)CCNC(=O)c1cccc(CN)c1. The first-order valence-electron chi connectivity index (χ1n) is 6.86. The lowest BCUT2D eigenvalue weighted by Gasteiger charge is -2.23. The van der Waals surface area contributed by atoms with Crippen LogP contribution in [0.15, 0.2) is 24.3 Å². The predicted octanol–water partition coefficient (Wildman–Crippen LogP) is 1.61. The van der Waals surface area contributed by atoms with Crippen molar-refractivity contribution >= 4 is 5.91 Å². The number of likely N-dealkylation sites (N-methyl/N-ethyl adjacent to an activating group) is 1. The lowest BCUT2D eigenvalue weighted by atomic mass is 10.1. The van der Waals surface area contributed by atoms with Gasteiger partial charge in [0, 0.05) is 31.2 Å². The smallest absolute Gasteiger partial charge is 0.251 e. The van der Waals surface area contributed by atoms with Crippen LogP contribution in [0, 0.1) is 0 Å². The van der Waals surface area contributed by atoms with Gasteiger partial charge >= 0.3 is 0 Å². The van der Waals surface area contributed by atoms with Crippen LogP contribution in [-0.4, -0.2) is 37.0 Å². The standard InChI is InChI=1S/C15H25N3O/c1-4-12(2)18(3)9-8-17-15(19)14-7-5-6-13(10-14)11-16/h5-7,10,12H,4,8-9,11,16H2,1-3H3,(H,17,19). The maximum absolute atomic E-state index is 12.0. The van der Waals surface area contributed by atoms with Gasteiger partial charge in [0.1, 0.15) is 0 Å². The number of hydrogen-bond acceptors (Lipinski definition) is 3. The minimum absolute atomic E-state index is 0.0344. The Labute approximate surface area is 116 Å². The molecule has 4 nitrogen and oxygen atoms in total. The van der Waals surface area contributed by atoms with Gasteiger partial charge in [-0.3, -0.25) is 4.79 Å². The molecule has 0 aliphatic heterocycles. The fourth-order valence-electron chi connectivity index (χ4n) is 1.82. The molecule has 3 N–H and O–H groups in total. The van der Waals surface area contributed by atoms with Crippen LogP contribution in [0.4, 0.5) is 0 Å². The number of carbonyl (C=O) groups excluding carboxylic acids is 1. The van der Waals surface area contributed by atoms with E-state index in [0.29, 0.717) is 24.7 Å². The second-order valence-corrected chi connectivity index (χ2v) is 4.90. The van der Waals surface area contributed by atoms with E-state index in [9.17, 15) is 4.79 Å². The van der Waals surface area contributed by atoms with Gasteiger partial charge in [0.05, 0.1) is 0 Å². The van der Waals surface area contributed by atoms with E-state index in [1.54, 1.807) is 0 Å². The van der Waals surface area contributed by atoms with E-state index < -0.39 is 0 Å². The molecule has 0 bridgehead atoms. The fourth-order valence-corrected chi connectivity index (χ4v) is 1.82. The maximum atomic E-state index is 12.0. The van der Waals surface area contributed by atoms with Crippen LogP contribution in [-0.2, 0) is 6.54 Å². The molecule has 0 heterocycles. The summed E-state index contributed by atoms with van der Waals surface area (Å²) in [5.41, 5.74) is 7.22. The molecule has 1 amide bonds. The summed E-state index contributed by atoms with van der Waals surface area (Å²) in [6, 6.07) is 7.98. The van der Waals surface area contributed by atoms with Crippen molar-refractivity contribution in [1.82, 2.24) is 10.2 Å². The topological polar surface area (TPSA) is 58.4 Å². The van der Waals surface area contributed by atoms with Crippen LogP contribution >= 0.6 is 0 Å². The number of rotatable bonds is 7. The number of hydrogen-bond donors (Lipinski definition) is 2. The lowest BCUT2D eigenvalue weighted by molar-refractivity contribution is 0.0947. The summed E-state index contributed by atoms with van der Waals surface area (Å²) in [4.78, 5) is 14.2.